The Morgan fingerprint density at radius 1 is 1.17 bits per heavy atom. The van der Waals surface area contributed by atoms with E-state index in [4.69, 9.17) is 23.2 Å². The molecule has 9 heteroatoms. The number of benzene rings is 1. The third kappa shape index (κ3) is 3.20. The van der Waals surface area contributed by atoms with Crippen LogP contribution < -0.4 is 4.90 Å². The maximum Gasteiger partial charge on any atom is 0.342 e. The minimum atomic E-state index is -1.01. The molecule has 0 N–H and O–H groups in total. The highest BCUT2D eigenvalue weighted by atomic mass is 35.5. The molecule has 4 amide bonds. The van der Waals surface area contributed by atoms with Gasteiger partial charge in [0.1, 0.15) is 12.1 Å². The van der Waals surface area contributed by atoms with E-state index in [1.165, 1.54) is 18.2 Å². The minimum absolute atomic E-state index is 0.122. The van der Waals surface area contributed by atoms with Crippen molar-refractivity contribution < 1.29 is 23.9 Å². The molecular weight excluding hydrogens is 347 g/mol. The van der Waals surface area contributed by atoms with Crippen LogP contribution in [0.4, 0.5) is 10.5 Å². The number of methoxy groups -OCH3 is 1. The predicted molar refractivity (Wildman–Crippen MR) is 82.2 cm³/mol. The van der Waals surface area contributed by atoms with Gasteiger partial charge in [-0.25, -0.2) is 19.4 Å². The molecule has 23 heavy (non-hydrogen) atoms. The summed E-state index contributed by atoms with van der Waals surface area (Å²) in [6, 6.07) is 3.21. The molecule has 1 fully saturated rings. The number of hydrogen-bond donors (Lipinski definition) is 0. The normalized spacial score (nSPS) is 14.2. The Morgan fingerprint density at radius 3 is 2.26 bits per heavy atom. The molecule has 0 aliphatic carbocycles. The molecule has 1 aliphatic rings. The second-order valence-electron chi connectivity index (χ2n) is 4.50. The van der Waals surface area contributed by atoms with E-state index < -0.39 is 35.9 Å². The van der Waals surface area contributed by atoms with Crippen LogP contribution in [0.5, 0.6) is 0 Å². The predicted octanol–water partition coefficient (Wildman–Crippen LogP) is 2.02. The highest BCUT2D eigenvalue weighted by Gasteiger charge is 2.42. The van der Waals surface area contributed by atoms with Crippen LogP contribution in [0, 0.1) is 0 Å². The van der Waals surface area contributed by atoms with Crippen molar-refractivity contribution in [2.24, 2.45) is 0 Å². The number of urea groups is 1. The highest BCUT2D eigenvalue weighted by Crippen LogP contribution is 2.28. The molecule has 0 saturated carbocycles. The van der Waals surface area contributed by atoms with Crippen molar-refractivity contribution in [3.8, 4) is 0 Å². The van der Waals surface area contributed by atoms with Crippen LogP contribution in [0.15, 0.2) is 30.4 Å². The monoisotopic (exact) mass is 356 g/mol. The van der Waals surface area contributed by atoms with Gasteiger partial charge in [0.25, 0.3) is 11.8 Å². The first kappa shape index (κ1) is 17.0. The van der Waals surface area contributed by atoms with Crippen molar-refractivity contribution in [3.05, 3.63) is 40.4 Å². The lowest BCUT2D eigenvalue weighted by Crippen LogP contribution is -2.38. The zero-order valence-electron chi connectivity index (χ0n) is 11.8. The minimum Gasteiger partial charge on any atom is -0.465 e. The average Bonchev–Trinajstić information content (AvgIpc) is 2.78. The van der Waals surface area contributed by atoms with Gasteiger partial charge in [-0.2, -0.15) is 0 Å². The third-order valence-corrected chi connectivity index (χ3v) is 3.44. The van der Waals surface area contributed by atoms with Gasteiger partial charge in [0, 0.05) is 10.0 Å². The van der Waals surface area contributed by atoms with Gasteiger partial charge in [-0.05, 0) is 18.2 Å². The molecule has 1 saturated heterocycles. The second kappa shape index (κ2) is 6.39. The zero-order chi connectivity index (χ0) is 17.3. The largest absolute Gasteiger partial charge is 0.465 e. The Bertz CT molecular complexity index is 726. The Balaban J connectivity index is 2.32. The first-order valence-corrected chi connectivity index (χ1v) is 6.94. The van der Waals surface area contributed by atoms with Gasteiger partial charge < -0.3 is 4.74 Å². The summed E-state index contributed by atoms with van der Waals surface area (Å²) in [4.78, 5) is 49.1. The third-order valence-electron chi connectivity index (χ3n) is 3.01. The fourth-order valence-corrected chi connectivity index (χ4v) is 2.47. The van der Waals surface area contributed by atoms with E-state index in [0.717, 1.165) is 12.0 Å². The number of rotatable bonds is 3. The van der Waals surface area contributed by atoms with Crippen molar-refractivity contribution in [2.75, 3.05) is 18.6 Å². The molecule has 0 atom stereocenters. The molecule has 0 spiro atoms. The molecule has 0 radical (unpaired) electrons. The van der Waals surface area contributed by atoms with Crippen LogP contribution in [-0.4, -0.2) is 42.4 Å². The molecule has 120 valence electrons. The van der Waals surface area contributed by atoms with Crippen LogP contribution in [-0.2, 0) is 19.1 Å². The summed E-state index contributed by atoms with van der Waals surface area (Å²) >= 11 is 11.7. The number of carbonyl (C=O) groups is 4. The molecule has 0 unspecified atom stereocenters. The van der Waals surface area contributed by atoms with E-state index in [9.17, 15) is 19.2 Å². The number of halogens is 2. The Hall–Kier alpha value is -2.38. The molecule has 7 nitrogen and oxygen atoms in total. The maximum absolute atomic E-state index is 12.3. The SMILES string of the molecule is C=C(C(=O)OC)C(=O)N1CC(=O)N(c2cc(Cl)cc(Cl)c2)C1=O. The Morgan fingerprint density at radius 2 is 1.74 bits per heavy atom. The summed E-state index contributed by atoms with van der Waals surface area (Å²) in [6.45, 7) is 2.74. The summed E-state index contributed by atoms with van der Waals surface area (Å²) in [5.41, 5.74) is -0.434. The number of nitrogens with zero attached hydrogens (tertiary/aromatic N) is 2. The summed E-state index contributed by atoms with van der Waals surface area (Å²) in [5, 5.41) is 0.439. The van der Waals surface area contributed by atoms with Gasteiger partial charge in [-0.15, -0.1) is 0 Å². The number of imide groups is 2. The topological polar surface area (TPSA) is 84.0 Å². The van der Waals surface area contributed by atoms with E-state index in [1.807, 2.05) is 0 Å². The number of anilines is 1. The lowest BCUT2D eigenvalue weighted by Gasteiger charge is -2.16. The fraction of sp³-hybridized carbons (Fsp3) is 0.143. The van der Waals surface area contributed by atoms with Crippen molar-refractivity contribution in [1.29, 1.82) is 0 Å². The molecular formula is C14H10Cl2N2O5. The molecule has 1 aromatic carbocycles. The van der Waals surface area contributed by atoms with Gasteiger partial charge in [-0.3, -0.25) is 9.59 Å². The molecule has 0 aromatic heterocycles. The Kier molecular flexibility index (Phi) is 4.72. The molecule has 1 aromatic rings. The lowest BCUT2D eigenvalue weighted by molar-refractivity contribution is -0.139. The Labute approximate surface area is 141 Å². The number of ether oxygens (including phenoxy) is 1. The van der Waals surface area contributed by atoms with Gasteiger partial charge in [0.2, 0.25) is 0 Å². The zero-order valence-corrected chi connectivity index (χ0v) is 13.3. The summed E-state index contributed by atoms with van der Waals surface area (Å²) in [5.74, 6) is -2.66. The summed E-state index contributed by atoms with van der Waals surface area (Å²) in [6.07, 6.45) is 0. The molecule has 2 rings (SSSR count). The van der Waals surface area contributed by atoms with Crippen LogP contribution in [0.1, 0.15) is 0 Å². The second-order valence-corrected chi connectivity index (χ2v) is 5.37. The van der Waals surface area contributed by atoms with E-state index in [0.29, 0.717) is 4.90 Å². The van der Waals surface area contributed by atoms with Gasteiger partial charge in [0.05, 0.1) is 12.8 Å². The van der Waals surface area contributed by atoms with Crippen LogP contribution in [0.2, 0.25) is 10.0 Å². The van der Waals surface area contributed by atoms with E-state index in [-0.39, 0.29) is 15.7 Å². The van der Waals surface area contributed by atoms with Crippen LogP contribution in [0.25, 0.3) is 0 Å². The number of hydrogen-bond acceptors (Lipinski definition) is 5. The van der Waals surface area contributed by atoms with Gasteiger partial charge >= 0.3 is 12.0 Å². The molecule has 0 bridgehead atoms. The first-order valence-electron chi connectivity index (χ1n) is 6.18. The van der Waals surface area contributed by atoms with Crippen molar-refractivity contribution >= 4 is 52.7 Å². The molecule has 1 aliphatic heterocycles. The van der Waals surface area contributed by atoms with Crippen LogP contribution >= 0.6 is 23.2 Å². The first-order chi connectivity index (χ1) is 10.8. The van der Waals surface area contributed by atoms with Crippen molar-refractivity contribution in [2.45, 2.75) is 0 Å². The van der Waals surface area contributed by atoms with Crippen LogP contribution in [0.3, 0.4) is 0 Å². The number of esters is 1. The van der Waals surface area contributed by atoms with E-state index in [2.05, 4.69) is 11.3 Å². The van der Waals surface area contributed by atoms with Crippen molar-refractivity contribution in [3.63, 3.8) is 0 Å². The van der Waals surface area contributed by atoms with Gasteiger partial charge in [-0.1, -0.05) is 29.8 Å². The number of carbonyl (C=O) groups excluding carboxylic acids is 4. The highest BCUT2D eigenvalue weighted by molar-refractivity contribution is 6.36. The average molecular weight is 357 g/mol. The van der Waals surface area contributed by atoms with E-state index >= 15 is 0 Å². The number of amides is 4. The van der Waals surface area contributed by atoms with E-state index in [1.54, 1.807) is 0 Å². The maximum atomic E-state index is 12.3. The van der Waals surface area contributed by atoms with Gasteiger partial charge in [0.15, 0.2) is 0 Å². The van der Waals surface area contributed by atoms with Crippen molar-refractivity contribution in [1.82, 2.24) is 4.90 Å². The summed E-state index contributed by atoms with van der Waals surface area (Å²) in [7, 11) is 1.07. The quantitative estimate of drug-likeness (QED) is 0.272. The lowest BCUT2D eigenvalue weighted by atomic mass is 10.2. The smallest absolute Gasteiger partial charge is 0.342 e. The summed E-state index contributed by atoms with van der Waals surface area (Å²) < 4.78 is 4.37. The fourth-order valence-electron chi connectivity index (χ4n) is 1.96. The molecule has 1 heterocycles. The standard InChI is InChI=1S/C14H10Cl2N2O5/c1-7(13(21)23-2)12(20)17-6-11(19)18(14(17)22)10-4-8(15)3-9(16)5-10/h3-5H,1,6H2,2H3.